The third-order valence-corrected chi connectivity index (χ3v) is 11.6. The number of carboxylic acid groups (broad SMARTS) is 2. The van der Waals surface area contributed by atoms with Crippen molar-refractivity contribution in [3.05, 3.63) is 0 Å². The van der Waals surface area contributed by atoms with E-state index in [1.165, 1.54) is 49.8 Å². The molecule has 0 saturated carbocycles. The Labute approximate surface area is 357 Å². The van der Waals surface area contributed by atoms with Crippen LogP contribution >= 0.6 is 0 Å². The molecule has 360 valence electrons. The first kappa shape index (κ1) is 51.1. The van der Waals surface area contributed by atoms with Crippen molar-refractivity contribution in [2.75, 3.05) is 69.6 Å². The van der Waals surface area contributed by atoms with E-state index in [2.05, 4.69) is 0 Å². The molecule has 8 unspecified atom stereocenters. The Bertz CT molecular complexity index is 1370. The number of carbonyl (C=O) groups is 2. The van der Waals surface area contributed by atoms with Crippen LogP contribution in [0.3, 0.4) is 0 Å². The first-order chi connectivity index (χ1) is 29.7. The van der Waals surface area contributed by atoms with Gasteiger partial charge < -0.3 is 112 Å². The third-order valence-electron chi connectivity index (χ3n) is 11.6. The number of aliphatic hydroxyl groups is 5. The Hall–Kier alpha value is -1.90. The second kappa shape index (κ2) is 23.5. The average Bonchev–Trinajstić information content (AvgIpc) is 3.26. The van der Waals surface area contributed by atoms with Gasteiger partial charge in [-0.15, -0.1) is 0 Å². The van der Waals surface area contributed by atoms with Gasteiger partial charge in [-0.3, -0.25) is 0 Å². The first-order valence-electron chi connectivity index (χ1n) is 20.0. The van der Waals surface area contributed by atoms with E-state index in [1.54, 1.807) is 0 Å². The molecule has 5 heterocycles. The number of aliphatic hydroxyl groups excluding tert-OH is 5. The summed E-state index contributed by atoms with van der Waals surface area (Å²) in [4.78, 5) is 25.4. The van der Waals surface area contributed by atoms with Crippen LogP contribution in [0.15, 0.2) is 0 Å². The molecule has 62 heavy (non-hydrogen) atoms. The van der Waals surface area contributed by atoms with Crippen LogP contribution in [0, 0.1) is 0 Å². The molecule has 0 radical (unpaired) electrons. The van der Waals surface area contributed by atoms with Crippen LogP contribution in [0.1, 0.15) is 19.3 Å². The molecule has 0 aromatic carbocycles. The van der Waals surface area contributed by atoms with E-state index in [0.717, 1.165) is 0 Å². The van der Waals surface area contributed by atoms with Gasteiger partial charge in [-0.2, -0.15) is 0 Å². The highest BCUT2D eigenvalue weighted by atomic mass is 16.8. The van der Waals surface area contributed by atoms with Crippen molar-refractivity contribution in [3.63, 3.8) is 0 Å². The fourth-order valence-electron chi connectivity index (χ4n) is 8.59. The summed E-state index contributed by atoms with van der Waals surface area (Å²) in [7, 11) is 9.35. The molecule has 0 aromatic rings. The zero-order valence-electron chi connectivity index (χ0n) is 35.4. The van der Waals surface area contributed by atoms with Crippen LogP contribution in [0.2, 0.25) is 0 Å². The molecule has 0 amide bonds. The number of aliphatic carboxylic acids is 2. The summed E-state index contributed by atoms with van der Waals surface area (Å²) in [5, 5.41) is 73.3. The van der Waals surface area contributed by atoms with E-state index in [-0.39, 0.29) is 19.3 Å². The predicted molar refractivity (Wildman–Crippen MR) is 197 cm³/mol. The van der Waals surface area contributed by atoms with E-state index in [9.17, 15) is 45.3 Å². The Kier molecular flexibility index (Phi) is 19.4. The largest absolute Gasteiger partial charge is 0.479 e. The van der Waals surface area contributed by atoms with Gasteiger partial charge in [0.1, 0.15) is 73.2 Å². The molecule has 7 N–H and O–H groups in total. The summed E-state index contributed by atoms with van der Waals surface area (Å²) in [6.45, 7) is -1.82. The number of rotatable bonds is 20. The average molecular weight is 907 g/mol. The van der Waals surface area contributed by atoms with Crippen LogP contribution in [0.5, 0.6) is 0 Å². The maximum absolute atomic E-state index is 12.7. The van der Waals surface area contributed by atoms with Gasteiger partial charge in [0.15, 0.2) is 43.7 Å². The number of methoxy groups -OCH3 is 7. The number of hydrogen-bond donors (Lipinski definition) is 7. The molecule has 5 aliphatic rings. The van der Waals surface area contributed by atoms with E-state index < -0.39 is 167 Å². The maximum atomic E-state index is 12.7. The fourth-order valence-corrected chi connectivity index (χ4v) is 8.59. The van der Waals surface area contributed by atoms with Crippen LogP contribution < -0.4 is 0 Å². The van der Waals surface area contributed by atoms with Gasteiger partial charge in [0.05, 0.1) is 38.1 Å². The van der Waals surface area contributed by atoms with Crippen LogP contribution in [-0.4, -0.2) is 252 Å². The summed E-state index contributed by atoms with van der Waals surface area (Å²) >= 11 is 0. The number of ether oxygens (including phenoxy) is 16. The van der Waals surface area contributed by atoms with Crippen LogP contribution in [-0.2, 0) is 85.4 Å². The summed E-state index contributed by atoms with van der Waals surface area (Å²) < 4.78 is 92.4. The molecule has 0 spiro atoms. The second-order valence-corrected chi connectivity index (χ2v) is 15.1. The predicted octanol–water partition coefficient (Wildman–Crippen LogP) is -4.07. The van der Waals surface area contributed by atoms with E-state index in [1.807, 2.05) is 0 Å². The van der Waals surface area contributed by atoms with Gasteiger partial charge in [-0.25, -0.2) is 9.59 Å². The van der Waals surface area contributed by atoms with Crippen molar-refractivity contribution >= 4 is 11.9 Å². The highest BCUT2D eigenvalue weighted by molar-refractivity contribution is 5.74. The fraction of sp³-hybridized carbons (Fsp3) is 0.946. The van der Waals surface area contributed by atoms with Gasteiger partial charge in [-0.05, 0) is 0 Å². The monoisotopic (exact) mass is 906 g/mol. The SMILES string of the molecule is COC1C[C@@H](O[C@H]2C(OC)[C@@H](OC)C(O[C@H]3C(O)C[C@@H](O[C@H]4[C@H](OC)[C@@H](OC)C(O[C@H]5C(O)C[C@@H](OC)OC5CO)O[C@H]4C(=O)O)O[C@@H]3CO)O[C@@H]2C(=O)O)OC(CO)[C@H]1OC. The molecule has 0 aromatic heterocycles. The Morgan fingerprint density at radius 1 is 0.435 bits per heavy atom. The second-order valence-electron chi connectivity index (χ2n) is 15.1. The van der Waals surface area contributed by atoms with Gasteiger partial charge in [0.25, 0.3) is 0 Å². The highest BCUT2D eigenvalue weighted by Crippen LogP contribution is 2.37. The Balaban J connectivity index is 1.29. The smallest absolute Gasteiger partial charge is 0.335 e. The minimum Gasteiger partial charge on any atom is -0.479 e. The lowest BCUT2D eigenvalue weighted by atomic mass is 9.95. The Morgan fingerprint density at radius 2 is 0.806 bits per heavy atom. The molecule has 25 nitrogen and oxygen atoms in total. The first-order valence-corrected chi connectivity index (χ1v) is 20.0. The Morgan fingerprint density at radius 3 is 1.16 bits per heavy atom. The molecule has 5 saturated heterocycles. The van der Waals surface area contributed by atoms with Crippen molar-refractivity contribution < 1.29 is 121 Å². The molecule has 5 rings (SSSR count). The summed E-state index contributed by atoms with van der Waals surface area (Å²) in [6.07, 6.45) is -28.0. The lowest BCUT2D eigenvalue weighted by Crippen LogP contribution is -2.66. The standard InChI is InChI=1S/C37H62O25/c1-47-16-10-22(56-19(13-40)25(16)49-3)58-29-27(51-5)33(53-7)37(62-31(29)35(45)46)60-24-15(42)9-21(55-18(24)12-39)57-28-26(50-4)32(52-6)36(61-30(28)34(43)44)59-23-14(41)8-20(48-2)54-17(23)11-38/h14-33,36-42H,8-13H2,1-7H3,(H,43,44)(H,45,46)/t14?,15?,16?,17?,18-,19?,20+,21-,22-,23+,24+,25+,26+,27?,28+,29+,30-,31+,32-,33-,36?,37?/m1/s1. The number of hydrogen-bond acceptors (Lipinski definition) is 23. The van der Waals surface area contributed by atoms with Crippen molar-refractivity contribution in [2.45, 2.75) is 154 Å². The molecule has 25 heteroatoms. The zero-order valence-corrected chi connectivity index (χ0v) is 35.4. The molecular formula is C37H62O25. The van der Waals surface area contributed by atoms with E-state index in [4.69, 9.17) is 75.8 Å². The minimum absolute atomic E-state index is 0.0308. The number of carboxylic acids is 2. The van der Waals surface area contributed by atoms with Crippen molar-refractivity contribution in [3.8, 4) is 0 Å². The normalized spacial score (nSPS) is 45.4. The quantitative estimate of drug-likeness (QED) is 0.0611. The molecule has 22 atom stereocenters. The van der Waals surface area contributed by atoms with E-state index >= 15 is 0 Å². The van der Waals surface area contributed by atoms with E-state index in [0.29, 0.717) is 0 Å². The minimum atomic E-state index is -1.82. The zero-order chi connectivity index (χ0) is 45.4. The molecular weight excluding hydrogens is 844 g/mol. The summed E-state index contributed by atoms with van der Waals surface area (Å²) in [5.41, 5.74) is 0. The van der Waals surface area contributed by atoms with Crippen molar-refractivity contribution in [1.29, 1.82) is 0 Å². The lowest BCUT2D eigenvalue weighted by molar-refractivity contribution is -0.375. The summed E-state index contributed by atoms with van der Waals surface area (Å²) in [6, 6.07) is 0. The van der Waals surface area contributed by atoms with Gasteiger partial charge >= 0.3 is 11.9 Å². The molecule has 0 bridgehead atoms. The highest BCUT2D eigenvalue weighted by Gasteiger charge is 2.57. The summed E-state index contributed by atoms with van der Waals surface area (Å²) in [5.74, 6) is -2.99. The van der Waals surface area contributed by atoms with Gasteiger partial charge in [0, 0.05) is 69.0 Å². The molecule has 5 aliphatic heterocycles. The van der Waals surface area contributed by atoms with Crippen molar-refractivity contribution in [1.82, 2.24) is 0 Å². The van der Waals surface area contributed by atoms with Gasteiger partial charge in [0.2, 0.25) is 0 Å². The van der Waals surface area contributed by atoms with Crippen LogP contribution in [0.25, 0.3) is 0 Å². The third kappa shape index (κ3) is 11.2. The van der Waals surface area contributed by atoms with Crippen LogP contribution in [0.4, 0.5) is 0 Å². The maximum Gasteiger partial charge on any atom is 0.335 e. The topological polar surface area (TPSA) is 323 Å². The van der Waals surface area contributed by atoms with Gasteiger partial charge in [-0.1, -0.05) is 0 Å². The van der Waals surface area contributed by atoms with Crippen molar-refractivity contribution in [2.24, 2.45) is 0 Å². The molecule has 0 aliphatic carbocycles. The lowest BCUT2D eigenvalue weighted by Gasteiger charge is -2.49. The molecule has 5 fully saturated rings.